The van der Waals surface area contributed by atoms with Crippen molar-refractivity contribution in [1.82, 2.24) is 19.1 Å². The van der Waals surface area contributed by atoms with Crippen LogP contribution in [-0.4, -0.2) is 19.1 Å². The van der Waals surface area contributed by atoms with E-state index in [1.54, 1.807) is 12.4 Å². The number of hydrogen-bond donors (Lipinski definition) is 0. The van der Waals surface area contributed by atoms with Crippen LogP contribution >= 0.6 is 0 Å². The van der Waals surface area contributed by atoms with Gasteiger partial charge in [0.25, 0.3) is 6.33 Å². The third kappa shape index (κ3) is 7.60. The minimum atomic E-state index is -0.0310. The number of imidazole rings is 1. The number of para-hydroxylation sites is 1. The second-order valence-corrected chi connectivity index (χ2v) is 17.4. The number of hydrogen-bond acceptors (Lipinski definition) is 3. The van der Waals surface area contributed by atoms with E-state index in [1.165, 1.54) is 16.7 Å². The van der Waals surface area contributed by atoms with Crippen LogP contribution in [0.3, 0.4) is 0 Å². The number of nitrogens with zero attached hydrogens (tertiary/aromatic N) is 5. The van der Waals surface area contributed by atoms with E-state index < -0.39 is 0 Å². The van der Waals surface area contributed by atoms with Gasteiger partial charge in [-0.2, -0.15) is 6.07 Å². The molecular weight excluding hydrogens is 870 g/mol. The second kappa shape index (κ2) is 14.6. The van der Waals surface area contributed by atoms with Gasteiger partial charge in [0.1, 0.15) is 5.82 Å². The van der Waals surface area contributed by atoms with Gasteiger partial charge in [-0.1, -0.05) is 129 Å². The first-order valence-electron chi connectivity index (χ1n) is 18.9. The first-order valence-corrected chi connectivity index (χ1v) is 18.9. The summed E-state index contributed by atoms with van der Waals surface area (Å²) < 4.78 is 12.7. The maximum Gasteiger partial charge on any atom is 0.267 e. The average molecular weight is 917 g/mol. The molecule has 7 heteroatoms. The molecule has 6 nitrogen and oxygen atoms in total. The van der Waals surface area contributed by atoms with Crippen LogP contribution < -0.4 is 9.30 Å². The van der Waals surface area contributed by atoms with Crippen molar-refractivity contribution in [2.24, 2.45) is 0 Å². The van der Waals surface area contributed by atoms with Gasteiger partial charge in [0.2, 0.25) is 0 Å². The van der Waals surface area contributed by atoms with Crippen LogP contribution in [0.2, 0.25) is 0 Å². The van der Waals surface area contributed by atoms with E-state index in [4.69, 9.17) is 9.72 Å². The fourth-order valence-electron chi connectivity index (χ4n) is 6.95. The zero-order valence-electron chi connectivity index (χ0n) is 33.5. The van der Waals surface area contributed by atoms with E-state index in [1.807, 2.05) is 22.9 Å². The largest absolute Gasteiger partial charge is 0.508 e. The number of rotatable bonds is 6. The van der Waals surface area contributed by atoms with E-state index in [0.717, 1.165) is 44.6 Å². The molecule has 0 saturated carbocycles. The molecule has 0 fully saturated rings. The number of pyridine rings is 2. The molecule has 0 atom stereocenters. The van der Waals surface area contributed by atoms with Gasteiger partial charge in [-0.25, -0.2) is 4.98 Å². The third-order valence-electron chi connectivity index (χ3n) is 10.2. The van der Waals surface area contributed by atoms with Crippen molar-refractivity contribution in [3.8, 4) is 39.9 Å². The van der Waals surface area contributed by atoms with Gasteiger partial charge in [-0.05, 0) is 86.1 Å². The Morgan fingerprint density at radius 3 is 2.02 bits per heavy atom. The molecule has 56 heavy (non-hydrogen) atoms. The predicted octanol–water partition coefficient (Wildman–Crippen LogP) is 11.4. The summed E-state index contributed by atoms with van der Waals surface area (Å²) in [4.78, 5) is 9.41. The molecule has 4 heterocycles. The first-order chi connectivity index (χ1) is 26.1. The fraction of sp³-hybridized carbons (Fsp3) is 0.245. The second-order valence-electron chi connectivity index (χ2n) is 17.4. The van der Waals surface area contributed by atoms with Gasteiger partial charge in [-0.15, -0.1) is 23.6 Å². The summed E-state index contributed by atoms with van der Waals surface area (Å²) in [6, 6.07) is 41.1. The topological polar surface area (TPSA) is 48.8 Å². The van der Waals surface area contributed by atoms with Crippen molar-refractivity contribution in [3.63, 3.8) is 0 Å². The Kier molecular flexibility index (Phi) is 10.2. The molecule has 8 aromatic rings. The Balaban J connectivity index is 0.00000480. The van der Waals surface area contributed by atoms with Crippen molar-refractivity contribution in [2.45, 2.75) is 78.6 Å². The molecule has 0 aliphatic heterocycles. The molecule has 0 bridgehead atoms. The monoisotopic (exact) mass is 916 g/mol. The SMILES string of the molecule is CC(C)(C)c1cc(-[n+]2[c-]n(-c3[c-]c(Oc4[c-]c5c(cc4)c4ccccc4n5-c4cc(C(C)(C)C)ccn4)cnc3)cc2-c2ccccc2)cc(C(C)(C)C)c1.[Pt]. The quantitative estimate of drug-likeness (QED) is 0.123. The molecule has 0 N–H and O–H groups in total. The Morgan fingerprint density at radius 2 is 1.32 bits per heavy atom. The van der Waals surface area contributed by atoms with Crippen molar-refractivity contribution >= 4 is 21.8 Å². The van der Waals surface area contributed by atoms with E-state index in [-0.39, 0.29) is 37.3 Å². The summed E-state index contributed by atoms with van der Waals surface area (Å²) in [5.74, 6) is 1.88. The Hall–Kier alpha value is -5.32. The normalized spacial score (nSPS) is 12.2. The van der Waals surface area contributed by atoms with Crippen molar-refractivity contribution in [3.05, 3.63) is 157 Å². The predicted molar refractivity (Wildman–Crippen MR) is 222 cm³/mol. The molecule has 286 valence electrons. The molecule has 0 spiro atoms. The fourth-order valence-corrected chi connectivity index (χ4v) is 6.95. The molecule has 4 aromatic carbocycles. The maximum atomic E-state index is 6.48. The Labute approximate surface area is 345 Å². The zero-order valence-corrected chi connectivity index (χ0v) is 35.8. The minimum Gasteiger partial charge on any atom is -0.508 e. The van der Waals surface area contributed by atoms with Crippen LogP contribution in [0.25, 0.3) is 50.3 Å². The summed E-state index contributed by atoms with van der Waals surface area (Å²) in [5.41, 5.74) is 9.47. The summed E-state index contributed by atoms with van der Waals surface area (Å²) in [5, 5.41) is 2.21. The van der Waals surface area contributed by atoms with Gasteiger partial charge in [0, 0.05) is 50.5 Å². The number of ether oxygens (including phenoxy) is 1. The van der Waals surface area contributed by atoms with Gasteiger partial charge in [0.15, 0.2) is 0 Å². The van der Waals surface area contributed by atoms with Crippen LogP contribution in [0, 0.1) is 18.5 Å². The first kappa shape index (κ1) is 38.9. The van der Waals surface area contributed by atoms with Gasteiger partial charge in [0.05, 0.1) is 11.4 Å². The molecular formula is C49H47N5OPt-2. The summed E-state index contributed by atoms with van der Waals surface area (Å²) in [6.07, 6.45) is 11.1. The molecule has 0 aliphatic rings. The molecule has 0 radical (unpaired) electrons. The van der Waals surface area contributed by atoms with Gasteiger partial charge < -0.3 is 18.9 Å². The summed E-state index contributed by atoms with van der Waals surface area (Å²) in [7, 11) is 0. The Morgan fingerprint density at radius 1 is 0.643 bits per heavy atom. The summed E-state index contributed by atoms with van der Waals surface area (Å²) >= 11 is 0. The van der Waals surface area contributed by atoms with Crippen LogP contribution in [0.1, 0.15) is 79.0 Å². The minimum absolute atomic E-state index is 0. The zero-order chi connectivity index (χ0) is 38.7. The molecule has 8 rings (SSSR count). The number of benzene rings is 4. The van der Waals surface area contributed by atoms with E-state index in [2.05, 4.69) is 186 Å². The van der Waals surface area contributed by atoms with Crippen LogP contribution in [-0.2, 0) is 37.3 Å². The Bertz CT molecular complexity index is 2650. The molecule has 4 aromatic heterocycles. The molecule has 0 amide bonds. The van der Waals surface area contributed by atoms with Crippen molar-refractivity contribution in [1.29, 1.82) is 0 Å². The standard InChI is InChI=1S/C49H47N5O.Pt/c1-47(2,3)34-21-22-51-46(26-34)54-43-18-14-13-17-41(43)42-20-19-39(28-44(42)54)55-40-27-38(29-50-30-40)52-31-45(33-15-11-10-12-16-33)53(32-52)37-24-35(48(4,5)6)23-36(25-37)49(7,8)9;/h10-26,29-31H,1-9H3;/q-2;. The van der Waals surface area contributed by atoms with Crippen molar-refractivity contribution in [2.75, 3.05) is 0 Å². The van der Waals surface area contributed by atoms with Crippen LogP contribution in [0.4, 0.5) is 0 Å². The van der Waals surface area contributed by atoms with Crippen LogP contribution in [0.5, 0.6) is 11.5 Å². The number of fused-ring (bicyclic) bond motifs is 3. The van der Waals surface area contributed by atoms with E-state index in [9.17, 15) is 0 Å². The van der Waals surface area contributed by atoms with Gasteiger partial charge >= 0.3 is 0 Å². The average Bonchev–Trinajstić information content (AvgIpc) is 3.74. The van der Waals surface area contributed by atoms with E-state index in [0.29, 0.717) is 17.2 Å². The molecule has 0 unspecified atom stereocenters. The number of aromatic nitrogens is 5. The maximum absolute atomic E-state index is 6.48. The third-order valence-corrected chi connectivity index (χ3v) is 10.2. The van der Waals surface area contributed by atoms with Crippen molar-refractivity contribution < 1.29 is 30.4 Å². The van der Waals surface area contributed by atoms with Gasteiger partial charge in [-0.3, -0.25) is 4.57 Å². The van der Waals surface area contributed by atoms with E-state index >= 15 is 0 Å². The smallest absolute Gasteiger partial charge is 0.267 e. The van der Waals surface area contributed by atoms with Crippen LogP contribution in [0.15, 0.2) is 122 Å². The molecule has 0 aliphatic carbocycles. The molecule has 0 saturated heterocycles. The summed E-state index contributed by atoms with van der Waals surface area (Å²) in [6.45, 7) is 20.2.